The molecule has 0 aliphatic heterocycles. The van der Waals surface area contributed by atoms with Crippen molar-refractivity contribution in [2.75, 3.05) is 0 Å². The SMILES string of the molecule is Cc1cc(-c2ccc3nc(CN)c(Br)n3n2)ccc1F. The van der Waals surface area contributed by atoms with E-state index in [1.807, 2.05) is 12.1 Å². The Morgan fingerprint density at radius 1 is 1.30 bits per heavy atom. The fourth-order valence-corrected chi connectivity index (χ4v) is 2.55. The van der Waals surface area contributed by atoms with Crippen LogP contribution in [0.4, 0.5) is 4.39 Å². The Labute approximate surface area is 123 Å². The predicted molar refractivity (Wildman–Crippen MR) is 78.7 cm³/mol. The first-order valence-corrected chi connectivity index (χ1v) is 6.90. The largest absolute Gasteiger partial charge is 0.325 e. The van der Waals surface area contributed by atoms with Crippen molar-refractivity contribution in [2.45, 2.75) is 13.5 Å². The van der Waals surface area contributed by atoms with Crippen LogP contribution in [0.5, 0.6) is 0 Å². The normalized spacial score (nSPS) is 11.2. The van der Waals surface area contributed by atoms with Crippen LogP contribution < -0.4 is 5.73 Å². The number of nitrogens with zero attached hydrogens (tertiary/aromatic N) is 3. The molecule has 0 unspecified atom stereocenters. The number of rotatable bonds is 2. The first-order valence-electron chi connectivity index (χ1n) is 6.11. The number of fused-ring (bicyclic) bond motifs is 1. The van der Waals surface area contributed by atoms with Crippen molar-refractivity contribution in [3.05, 3.63) is 52.0 Å². The van der Waals surface area contributed by atoms with E-state index in [2.05, 4.69) is 26.0 Å². The van der Waals surface area contributed by atoms with Crippen LogP contribution in [-0.4, -0.2) is 14.6 Å². The fourth-order valence-electron chi connectivity index (χ4n) is 2.04. The molecule has 0 aliphatic rings. The van der Waals surface area contributed by atoms with Gasteiger partial charge in [-0.05, 0) is 58.7 Å². The van der Waals surface area contributed by atoms with E-state index < -0.39 is 0 Å². The van der Waals surface area contributed by atoms with Crippen LogP contribution in [0.25, 0.3) is 16.9 Å². The lowest BCUT2D eigenvalue weighted by Crippen LogP contribution is -1.98. The molecule has 102 valence electrons. The van der Waals surface area contributed by atoms with Gasteiger partial charge in [0, 0.05) is 12.1 Å². The molecular formula is C14H12BrFN4. The lowest BCUT2D eigenvalue weighted by Gasteiger charge is -2.04. The summed E-state index contributed by atoms with van der Waals surface area (Å²) in [7, 11) is 0. The average molecular weight is 335 g/mol. The highest BCUT2D eigenvalue weighted by molar-refractivity contribution is 9.10. The second-order valence-electron chi connectivity index (χ2n) is 4.51. The Morgan fingerprint density at radius 2 is 2.10 bits per heavy atom. The molecule has 2 heterocycles. The molecule has 0 radical (unpaired) electrons. The summed E-state index contributed by atoms with van der Waals surface area (Å²) in [6, 6.07) is 8.67. The first-order chi connectivity index (χ1) is 9.60. The molecule has 4 nitrogen and oxygen atoms in total. The number of benzene rings is 1. The zero-order valence-corrected chi connectivity index (χ0v) is 12.4. The molecule has 0 spiro atoms. The number of aryl methyl sites for hydroxylation is 1. The first kappa shape index (κ1) is 13.2. The van der Waals surface area contributed by atoms with Crippen LogP contribution in [0.2, 0.25) is 0 Å². The van der Waals surface area contributed by atoms with E-state index in [4.69, 9.17) is 5.73 Å². The number of aromatic nitrogens is 3. The minimum atomic E-state index is -0.218. The standard InChI is InChI=1S/C14H12BrFN4/c1-8-6-9(2-3-10(8)16)11-4-5-13-18-12(7-17)14(15)20(13)19-11/h2-6H,7,17H2,1H3. The smallest absolute Gasteiger partial charge is 0.155 e. The zero-order valence-electron chi connectivity index (χ0n) is 10.8. The topological polar surface area (TPSA) is 56.2 Å². The van der Waals surface area contributed by atoms with Crippen molar-refractivity contribution in [3.63, 3.8) is 0 Å². The maximum absolute atomic E-state index is 13.3. The molecule has 0 aliphatic carbocycles. The van der Waals surface area contributed by atoms with Gasteiger partial charge in [-0.2, -0.15) is 5.10 Å². The predicted octanol–water partition coefficient (Wildman–Crippen LogP) is 3.07. The molecule has 3 aromatic rings. The minimum Gasteiger partial charge on any atom is -0.325 e. The molecule has 0 amide bonds. The van der Waals surface area contributed by atoms with E-state index in [1.54, 1.807) is 23.6 Å². The Hall–Kier alpha value is -1.79. The van der Waals surface area contributed by atoms with Crippen LogP contribution in [0.3, 0.4) is 0 Å². The van der Waals surface area contributed by atoms with Crippen LogP contribution in [-0.2, 0) is 6.54 Å². The Morgan fingerprint density at radius 3 is 2.80 bits per heavy atom. The summed E-state index contributed by atoms with van der Waals surface area (Å²) in [4.78, 5) is 4.37. The van der Waals surface area contributed by atoms with Crippen molar-refractivity contribution < 1.29 is 4.39 Å². The van der Waals surface area contributed by atoms with Gasteiger partial charge >= 0.3 is 0 Å². The maximum Gasteiger partial charge on any atom is 0.155 e. The van der Waals surface area contributed by atoms with Crippen molar-refractivity contribution in [1.29, 1.82) is 0 Å². The summed E-state index contributed by atoms with van der Waals surface area (Å²) in [6.45, 7) is 2.08. The highest BCUT2D eigenvalue weighted by atomic mass is 79.9. The van der Waals surface area contributed by atoms with Crippen LogP contribution in [0, 0.1) is 12.7 Å². The van der Waals surface area contributed by atoms with Crippen molar-refractivity contribution in [2.24, 2.45) is 5.73 Å². The molecule has 0 atom stereocenters. The zero-order chi connectivity index (χ0) is 14.3. The van der Waals surface area contributed by atoms with Crippen molar-refractivity contribution >= 4 is 21.6 Å². The van der Waals surface area contributed by atoms with Gasteiger partial charge in [-0.3, -0.25) is 0 Å². The Balaban J connectivity index is 2.16. The monoisotopic (exact) mass is 334 g/mol. The van der Waals surface area contributed by atoms with Gasteiger partial charge < -0.3 is 5.73 Å². The van der Waals surface area contributed by atoms with Gasteiger partial charge in [0.2, 0.25) is 0 Å². The maximum atomic E-state index is 13.3. The summed E-state index contributed by atoms with van der Waals surface area (Å²) in [6.07, 6.45) is 0. The van der Waals surface area contributed by atoms with E-state index in [0.717, 1.165) is 27.2 Å². The van der Waals surface area contributed by atoms with Crippen molar-refractivity contribution in [3.8, 4) is 11.3 Å². The van der Waals surface area contributed by atoms with Crippen molar-refractivity contribution in [1.82, 2.24) is 14.6 Å². The highest BCUT2D eigenvalue weighted by Gasteiger charge is 2.11. The third kappa shape index (κ3) is 2.10. The van der Waals surface area contributed by atoms with E-state index in [9.17, 15) is 4.39 Å². The molecule has 0 saturated heterocycles. The molecule has 0 saturated carbocycles. The van der Waals surface area contributed by atoms with Gasteiger partial charge in [-0.25, -0.2) is 13.9 Å². The number of hydrogen-bond donors (Lipinski definition) is 1. The second kappa shape index (κ2) is 4.96. The highest BCUT2D eigenvalue weighted by Crippen LogP contribution is 2.23. The summed E-state index contributed by atoms with van der Waals surface area (Å²) in [5.41, 5.74) is 9.31. The van der Waals surface area contributed by atoms with E-state index >= 15 is 0 Å². The number of imidazole rings is 1. The molecule has 0 bridgehead atoms. The summed E-state index contributed by atoms with van der Waals surface area (Å²) in [5.74, 6) is -0.218. The molecule has 2 aromatic heterocycles. The number of halogens is 2. The molecule has 1 aromatic carbocycles. The fraction of sp³-hybridized carbons (Fsp3) is 0.143. The van der Waals surface area contributed by atoms with E-state index in [-0.39, 0.29) is 5.82 Å². The summed E-state index contributed by atoms with van der Waals surface area (Å²) >= 11 is 3.44. The van der Waals surface area contributed by atoms with Crippen LogP contribution in [0.15, 0.2) is 34.9 Å². The van der Waals surface area contributed by atoms with Gasteiger partial charge in [-0.15, -0.1) is 0 Å². The average Bonchev–Trinajstić information content (AvgIpc) is 2.78. The summed E-state index contributed by atoms with van der Waals surface area (Å²) in [5, 5.41) is 4.51. The third-order valence-corrected chi connectivity index (χ3v) is 3.93. The minimum absolute atomic E-state index is 0.218. The van der Waals surface area contributed by atoms with Crippen LogP contribution in [0.1, 0.15) is 11.3 Å². The molecular weight excluding hydrogens is 323 g/mol. The number of nitrogens with two attached hydrogens (primary N) is 1. The third-order valence-electron chi connectivity index (χ3n) is 3.14. The molecule has 2 N–H and O–H groups in total. The van der Waals surface area contributed by atoms with Gasteiger partial charge in [0.05, 0.1) is 11.4 Å². The second-order valence-corrected chi connectivity index (χ2v) is 5.26. The van der Waals surface area contributed by atoms with E-state index in [0.29, 0.717) is 12.1 Å². The van der Waals surface area contributed by atoms with Gasteiger partial charge in [0.1, 0.15) is 10.4 Å². The lowest BCUT2D eigenvalue weighted by molar-refractivity contribution is 0.618. The quantitative estimate of drug-likeness (QED) is 0.783. The molecule has 20 heavy (non-hydrogen) atoms. The molecule has 3 rings (SSSR count). The Kier molecular flexibility index (Phi) is 3.27. The Bertz CT molecular complexity index is 797. The summed E-state index contributed by atoms with van der Waals surface area (Å²) < 4.78 is 15.8. The van der Waals surface area contributed by atoms with Gasteiger partial charge in [0.15, 0.2) is 5.65 Å². The van der Waals surface area contributed by atoms with E-state index in [1.165, 1.54) is 6.07 Å². The molecule has 6 heteroatoms. The molecule has 0 fully saturated rings. The van der Waals surface area contributed by atoms with Crippen LogP contribution >= 0.6 is 15.9 Å². The lowest BCUT2D eigenvalue weighted by atomic mass is 10.1. The van der Waals surface area contributed by atoms with Gasteiger partial charge in [0.25, 0.3) is 0 Å². The number of hydrogen-bond acceptors (Lipinski definition) is 3. The van der Waals surface area contributed by atoms with Gasteiger partial charge in [-0.1, -0.05) is 0 Å².